The van der Waals surface area contributed by atoms with Crippen LogP contribution in [0, 0.1) is 11.8 Å². The summed E-state index contributed by atoms with van der Waals surface area (Å²) in [5.41, 5.74) is 8.58. The molecule has 4 atom stereocenters. The molecule has 234 valence electrons. The number of aliphatic hydroxyl groups excluding tert-OH is 1. The zero-order valence-corrected chi connectivity index (χ0v) is 25.9. The number of rotatable bonds is 17. The molecule has 0 amide bonds. The van der Waals surface area contributed by atoms with Crippen LogP contribution in [0.2, 0.25) is 0 Å². The standard InChI is InChI=1S/C34H47N3O6/c1-22(2)26(17-23-11-12-29(42-4)30(18-23)43-16-8-15-41-3)19-27(35)28(38)20-36-31-32(34(40)33(31)39)37-14-13-25(21-37)24-9-6-5-7-10-24/h5-7,9-12,18,22,25-28,36,38H,8,13-17,19-21,35H2,1-4H3/t25?,26-,27-,28-/m0/s1. The highest BCUT2D eigenvalue weighted by molar-refractivity contribution is 5.75. The van der Waals surface area contributed by atoms with Crippen molar-refractivity contribution in [1.82, 2.24) is 0 Å². The van der Waals surface area contributed by atoms with E-state index >= 15 is 0 Å². The zero-order chi connectivity index (χ0) is 30.9. The summed E-state index contributed by atoms with van der Waals surface area (Å²) in [5.74, 6) is 2.23. The van der Waals surface area contributed by atoms with Crippen LogP contribution in [0.5, 0.6) is 11.5 Å². The molecule has 43 heavy (non-hydrogen) atoms. The summed E-state index contributed by atoms with van der Waals surface area (Å²) >= 11 is 0. The first-order valence-corrected chi connectivity index (χ1v) is 15.3. The minimum Gasteiger partial charge on any atom is -0.493 e. The molecular formula is C34H47N3O6. The number of benzene rings is 2. The number of hydrogen-bond acceptors (Lipinski definition) is 9. The monoisotopic (exact) mass is 593 g/mol. The van der Waals surface area contributed by atoms with Crippen LogP contribution in [0.1, 0.15) is 50.2 Å². The van der Waals surface area contributed by atoms with E-state index in [1.807, 2.05) is 41.3 Å². The second-order valence-corrected chi connectivity index (χ2v) is 12.0. The Hall–Kier alpha value is -3.40. The van der Waals surface area contributed by atoms with Crippen LogP contribution in [0.4, 0.5) is 11.4 Å². The van der Waals surface area contributed by atoms with E-state index in [1.54, 1.807) is 14.2 Å². The molecule has 1 saturated heterocycles. The van der Waals surface area contributed by atoms with Crippen LogP contribution in [0.15, 0.2) is 58.1 Å². The molecule has 4 N–H and O–H groups in total. The average Bonchev–Trinajstić information content (AvgIpc) is 3.50. The molecule has 3 aromatic carbocycles. The molecule has 4 rings (SSSR count). The van der Waals surface area contributed by atoms with Crippen LogP contribution in [-0.4, -0.2) is 64.3 Å². The number of nitrogens with zero attached hydrogens (tertiary/aromatic N) is 1. The summed E-state index contributed by atoms with van der Waals surface area (Å²) in [6.07, 6.45) is 2.18. The Morgan fingerprint density at radius 3 is 2.51 bits per heavy atom. The van der Waals surface area contributed by atoms with Crippen molar-refractivity contribution in [2.75, 3.05) is 57.3 Å². The van der Waals surface area contributed by atoms with Crippen molar-refractivity contribution < 1.29 is 19.3 Å². The lowest BCUT2D eigenvalue weighted by Crippen LogP contribution is -2.45. The van der Waals surface area contributed by atoms with Gasteiger partial charge < -0.3 is 35.3 Å². The molecule has 0 radical (unpaired) electrons. The Kier molecular flexibility index (Phi) is 11.6. The fourth-order valence-corrected chi connectivity index (χ4v) is 5.91. The summed E-state index contributed by atoms with van der Waals surface area (Å²) in [6.45, 7) is 6.97. The van der Waals surface area contributed by atoms with Gasteiger partial charge in [-0.1, -0.05) is 50.2 Å². The van der Waals surface area contributed by atoms with Gasteiger partial charge in [0.25, 0.3) is 10.9 Å². The molecule has 1 fully saturated rings. The van der Waals surface area contributed by atoms with Gasteiger partial charge in [-0.2, -0.15) is 0 Å². The van der Waals surface area contributed by atoms with Crippen molar-refractivity contribution in [2.24, 2.45) is 17.6 Å². The third-order valence-electron chi connectivity index (χ3n) is 8.64. The first-order valence-electron chi connectivity index (χ1n) is 15.3. The molecule has 0 bridgehead atoms. The van der Waals surface area contributed by atoms with Crippen LogP contribution < -0.4 is 36.3 Å². The van der Waals surface area contributed by atoms with Gasteiger partial charge >= 0.3 is 0 Å². The van der Waals surface area contributed by atoms with E-state index in [0.717, 1.165) is 24.8 Å². The molecule has 1 heterocycles. The maximum Gasteiger partial charge on any atom is 0.253 e. The minimum atomic E-state index is -0.885. The summed E-state index contributed by atoms with van der Waals surface area (Å²) in [6, 6.07) is 15.7. The second kappa shape index (κ2) is 15.4. The van der Waals surface area contributed by atoms with Crippen molar-refractivity contribution in [1.29, 1.82) is 0 Å². The number of nitrogens with two attached hydrogens (primary N) is 1. The minimum absolute atomic E-state index is 0.0990. The Labute approximate surface area is 254 Å². The lowest BCUT2D eigenvalue weighted by molar-refractivity contribution is 0.137. The summed E-state index contributed by atoms with van der Waals surface area (Å²) in [7, 11) is 3.30. The van der Waals surface area contributed by atoms with Crippen molar-refractivity contribution in [3.63, 3.8) is 0 Å². The lowest BCUT2D eigenvalue weighted by Gasteiger charge is -2.28. The maximum absolute atomic E-state index is 12.5. The lowest BCUT2D eigenvalue weighted by atomic mass is 9.83. The summed E-state index contributed by atoms with van der Waals surface area (Å²) in [4.78, 5) is 27.0. The average molecular weight is 594 g/mol. The van der Waals surface area contributed by atoms with Crippen LogP contribution in [-0.2, 0) is 11.2 Å². The highest BCUT2D eigenvalue weighted by Crippen LogP contribution is 2.33. The fraction of sp³-hybridized carbons (Fsp3) is 0.529. The van der Waals surface area contributed by atoms with Gasteiger partial charge in [-0.15, -0.1) is 0 Å². The summed E-state index contributed by atoms with van der Waals surface area (Å²) < 4.78 is 16.5. The number of aliphatic hydroxyl groups is 1. The van der Waals surface area contributed by atoms with Gasteiger partial charge in [0, 0.05) is 51.7 Å². The zero-order valence-electron chi connectivity index (χ0n) is 25.9. The Bertz CT molecular complexity index is 1370. The Morgan fingerprint density at radius 2 is 1.81 bits per heavy atom. The number of ether oxygens (including phenoxy) is 3. The second-order valence-electron chi connectivity index (χ2n) is 12.0. The molecular weight excluding hydrogens is 546 g/mol. The summed E-state index contributed by atoms with van der Waals surface area (Å²) in [5, 5.41) is 14.0. The first kappa shape index (κ1) is 32.5. The van der Waals surface area contributed by atoms with Gasteiger partial charge in [0.1, 0.15) is 11.4 Å². The van der Waals surface area contributed by atoms with E-state index in [2.05, 4.69) is 31.3 Å². The molecule has 0 aromatic heterocycles. The molecule has 9 heteroatoms. The van der Waals surface area contributed by atoms with Crippen molar-refractivity contribution >= 4 is 11.4 Å². The maximum atomic E-state index is 12.5. The molecule has 9 nitrogen and oxygen atoms in total. The van der Waals surface area contributed by atoms with E-state index in [-0.39, 0.29) is 12.5 Å². The SMILES string of the molecule is COCCCOc1cc(C[C@@H](C[C@H](N)[C@@H](O)CNc2c(N3CCC(c4ccccc4)C3)c(=O)c2=O)C(C)C)ccc1OC. The molecule has 0 spiro atoms. The Balaban J connectivity index is 1.33. The first-order chi connectivity index (χ1) is 20.7. The van der Waals surface area contributed by atoms with Crippen LogP contribution in [0.25, 0.3) is 0 Å². The smallest absolute Gasteiger partial charge is 0.253 e. The van der Waals surface area contributed by atoms with Gasteiger partial charge in [-0.3, -0.25) is 9.59 Å². The van der Waals surface area contributed by atoms with Crippen LogP contribution >= 0.6 is 0 Å². The number of methoxy groups -OCH3 is 2. The third-order valence-corrected chi connectivity index (χ3v) is 8.64. The van der Waals surface area contributed by atoms with Gasteiger partial charge in [0.15, 0.2) is 11.5 Å². The van der Waals surface area contributed by atoms with E-state index in [4.69, 9.17) is 19.9 Å². The van der Waals surface area contributed by atoms with Crippen molar-refractivity contribution in [3.8, 4) is 11.5 Å². The van der Waals surface area contributed by atoms with E-state index in [0.29, 0.717) is 67.4 Å². The topological polar surface area (TPSA) is 123 Å². The van der Waals surface area contributed by atoms with E-state index in [9.17, 15) is 14.7 Å². The normalized spacial score (nSPS) is 17.3. The Morgan fingerprint density at radius 1 is 1.05 bits per heavy atom. The fourth-order valence-electron chi connectivity index (χ4n) is 5.91. The van der Waals surface area contributed by atoms with Crippen LogP contribution in [0.3, 0.4) is 0 Å². The highest BCUT2D eigenvalue weighted by atomic mass is 16.5. The molecule has 3 aromatic rings. The number of hydrogen-bond donors (Lipinski definition) is 3. The third kappa shape index (κ3) is 8.16. The van der Waals surface area contributed by atoms with Gasteiger partial charge in [-0.05, 0) is 54.4 Å². The van der Waals surface area contributed by atoms with E-state index in [1.165, 1.54) is 5.56 Å². The predicted octanol–water partition coefficient (Wildman–Crippen LogP) is 3.71. The van der Waals surface area contributed by atoms with E-state index < -0.39 is 23.0 Å². The van der Waals surface area contributed by atoms with Gasteiger partial charge in [0.2, 0.25) is 0 Å². The van der Waals surface area contributed by atoms with Crippen molar-refractivity contribution in [2.45, 2.75) is 57.6 Å². The largest absolute Gasteiger partial charge is 0.493 e. The molecule has 1 aliphatic rings. The predicted molar refractivity (Wildman–Crippen MR) is 171 cm³/mol. The molecule has 1 aliphatic heterocycles. The number of anilines is 2. The number of nitrogens with one attached hydrogen (secondary N) is 1. The highest BCUT2D eigenvalue weighted by Gasteiger charge is 2.32. The van der Waals surface area contributed by atoms with Crippen molar-refractivity contribution in [3.05, 3.63) is 80.1 Å². The molecule has 0 aliphatic carbocycles. The molecule has 1 unspecified atom stereocenters. The van der Waals surface area contributed by atoms with Gasteiger partial charge in [0.05, 0.1) is 19.8 Å². The van der Waals surface area contributed by atoms with Gasteiger partial charge in [-0.25, -0.2) is 0 Å². The quantitative estimate of drug-likeness (QED) is 0.159. The molecule has 0 saturated carbocycles.